The van der Waals surface area contributed by atoms with Gasteiger partial charge in [-0.2, -0.15) is 0 Å². The van der Waals surface area contributed by atoms with Crippen molar-refractivity contribution in [1.29, 1.82) is 0 Å². The summed E-state index contributed by atoms with van der Waals surface area (Å²) in [4.78, 5) is 2.81. The third kappa shape index (κ3) is 8.41. The highest BCUT2D eigenvalue weighted by Gasteiger charge is 2.33. The van der Waals surface area contributed by atoms with Gasteiger partial charge in [0.25, 0.3) is 0 Å². The summed E-state index contributed by atoms with van der Waals surface area (Å²) in [6, 6.07) is 8.98. The fraction of sp³-hybridized carbons (Fsp3) is 0.294. The molecular weight excluding hydrogens is 650 g/mol. The lowest BCUT2D eigenvalue weighted by Gasteiger charge is -2.30. The summed E-state index contributed by atoms with van der Waals surface area (Å²) in [6.45, 7) is 13.0. The van der Waals surface area contributed by atoms with Crippen molar-refractivity contribution in [2.45, 2.75) is 41.5 Å². The van der Waals surface area contributed by atoms with Crippen molar-refractivity contribution in [3.8, 4) is 11.1 Å². The van der Waals surface area contributed by atoms with Gasteiger partial charge in [0.05, 0.1) is 33.8 Å². The fourth-order valence-corrected chi connectivity index (χ4v) is 5.88. The molecule has 0 aliphatic rings. The lowest BCUT2D eigenvalue weighted by Crippen LogP contribution is -3.00. The number of hydrogen-bond donors (Lipinski definition) is 2. The minimum Gasteiger partial charge on any atom is -0.889 e. The summed E-state index contributed by atoms with van der Waals surface area (Å²) >= 11 is 0. The smallest absolute Gasteiger partial charge is 0.200 e. The van der Waals surface area contributed by atoms with Gasteiger partial charge >= 0.3 is 0 Å². The van der Waals surface area contributed by atoms with Gasteiger partial charge in [-0.1, -0.05) is 48.0 Å². The van der Waals surface area contributed by atoms with Crippen LogP contribution >= 0.6 is 0 Å². The van der Waals surface area contributed by atoms with Crippen molar-refractivity contribution >= 4 is 24.0 Å². The van der Waals surface area contributed by atoms with Crippen LogP contribution in [0, 0.1) is 93.9 Å². The van der Waals surface area contributed by atoms with Crippen molar-refractivity contribution in [3.63, 3.8) is 0 Å². The molecule has 4 nitrogen and oxygen atoms in total. The van der Waals surface area contributed by atoms with Gasteiger partial charge in [0, 0.05) is 27.8 Å². The molecular formula is C34H36BF9N2O2. The van der Waals surface area contributed by atoms with Crippen LogP contribution in [-0.4, -0.2) is 35.3 Å². The van der Waals surface area contributed by atoms with Gasteiger partial charge in [-0.15, -0.1) is 0 Å². The highest BCUT2D eigenvalue weighted by atomic mass is 19.2. The van der Waals surface area contributed by atoms with E-state index in [1.54, 1.807) is 0 Å². The summed E-state index contributed by atoms with van der Waals surface area (Å²) in [6.07, 6.45) is 0. The van der Waals surface area contributed by atoms with E-state index < -0.39 is 76.1 Å². The molecule has 0 amide bonds. The van der Waals surface area contributed by atoms with Gasteiger partial charge in [-0.3, -0.25) is 0 Å². The van der Waals surface area contributed by atoms with Crippen LogP contribution in [0.4, 0.5) is 50.9 Å². The Kier molecular flexibility index (Phi) is 13.5. The first kappa shape index (κ1) is 40.3. The van der Waals surface area contributed by atoms with Gasteiger partial charge < -0.3 is 19.8 Å². The second kappa shape index (κ2) is 16.0. The number of quaternary nitrogens is 2. The van der Waals surface area contributed by atoms with E-state index >= 15 is 0 Å². The van der Waals surface area contributed by atoms with Crippen LogP contribution in [0.25, 0.3) is 11.1 Å². The van der Waals surface area contributed by atoms with E-state index in [9.17, 15) is 49.6 Å². The molecule has 0 heterocycles. The Morgan fingerprint density at radius 1 is 0.417 bits per heavy atom. The molecule has 0 bridgehead atoms. The molecule has 0 spiro atoms. The molecule has 0 aliphatic carbocycles. The van der Waals surface area contributed by atoms with Crippen LogP contribution < -0.4 is 25.3 Å². The average molecular weight is 686 g/mol. The Hall–Kier alpha value is -3.85. The van der Waals surface area contributed by atoms with E-state index in [1.165, 1.54) is 54.6 Å². The van der Waals surface area contributed by atoms with E-state index in [0.29, 0.717) is 0 Å². The molecule has 48 heavy (non-hydrogen) atoms. The highest BCUT2D eigenvalue weighted by molar-refractivity contribution is 6.57. The lowest BCUT2D eigenvalue weighted by atomic mass is 9.74. The molecule has 4 rings (SSSR count). The first-order valence-electron chi connectivity index (χ1n) is 14.5. The zero-order valence-corrected chi connectivity index (χ0v) is 28.1. The minimum atomic E-state index is -3.67. The van der Waals surface area contributed by atoms with E-state index in [1.807, 2.05) is 0 Å². The highest BCUT2D eigenvalue weighted by Crippen LogP contribution is 2.34. The van der Waals surface area contributed by atoms with Crippen LogP contribution in [-0.2, 0) is 0 Å². The zero-order valence-electron chi connectivity index (χ0n) is 28.1. The van der Waals surface area contributed by atoms with Crippen molar-refractivity contribution in [2.24, 2.45) is 0 Å². The number of benzene rings is 4. The van der Waals surface area contributed by atoms with Gasteiger partial charge in [0.15, 0.2) is 46.5 Å². The molecule has 0 radical (unpaired) electrons. The van der Waals surface area contributed by atoms with Crippen molar-refractivity contribution in [1.82, 2.24) is 0 Å². The summed E-state index contributed by atoms with van der Waals surface area (Å²) in [5.41, 5.74) is 4.53. The summed E-state index contributed by atoms with van der Waals surface area (Å²) in [5, 5.41) is 21.7. The number of nitrogens with one attached hydrogen (secondary N) is 2. The molecule has 4 aromatic rings. The number of rotatable bonds is 4. The number of halogens is 9. The van der Waals surface area contributed by atoms with E-state index in [-0.39, 0.29) is 0 Å². The number of aryl methyl sites for hydroxylation is 6. The first-order chi connectivity index (χ1) is 22.1. The number of hydrogen-bond acceptors (Lipinski definition) is 2. The maximum atomic E-state index is 13.7. The predicted molar refractivity (Wildman–Crippen MR) is 163 cm³/mol. The molecule has 4 aromatic carbocycles. The largest absolute Gasteiger partial charge is 0.889 e. The molecule has 0 fully saturated rings. The second-order valence-electron chi connectivity index (χ2n) is 11.9. The third-order valence-electron chi connectivity index (χ3n) is 7.35. The Bertz CT molecular complexity index is 1690. The molecule has 0 aromatic heterocycles. The van der Waals surface area contributed by atoms with Gasteiger partial charge in [0.1, 0.15) is 11.4 Å². The molecule has 0 atom stereocenters. The Labute approximate surface area is 274 Å². The van der Waals surface area contributed by atoms with E-state index in [0.717, 1.165) is 0 Å². The van der Waals surface area contributed by atoms with Crippen LogP contribution in [0.5, 0.6) is 0 Å². The molecule has 0 aliphatic heterocycles. The Balaban J connectivity index is 0.000000279. The van der Waals surface area contributed by atoms with Crippen LogP contribution in [0.1, 0.15) is 33.4 Å². The third-order valence-corrected chi connectivity index (χ3v) is 7.35. The van der Waals surface area contributed by atoms with E-state index in [2.05, 4.69) is 94.0 Å². The van der Waals surface area contributed by atoms with Crippen molar-refractivity contribution in [2.75, 3.05) is 28.2 Å². The monoisotopic (exact) mass is 686 g/mol. The quantitative estimate of drug-likeness (QED) is 0.149. The Morgan fingerprint density at radius 3 is 0.938 bits per heavy atom. The molecule has 0 saturated heterocycles. The summed E-state index contributed by atoms with van der Waals surface area (Å²) < 4.78 is 120. The van der Waals surface area contributed by atoms with Crippen LogP contribution in [0.2, 0.25) is 0 Å². The fourth-order valence-electron chi connectivity index (χ4n) is 5.88. The zero-order chi connectivity index (χ0) is 37.1. The van der Waals surface area contributed by atoms with Crippen molar-refractivity contribution < 1.29 is 59.4 Å². The standard InChI is InChI=1S/C12BF9O2.2C11H17N/c14-4-1(3(13(23)24)7(17)11(21)8(4)18)2-5(15)9(19)12(22)10(20)6(2)16;2*1-8-6-9(2)11(12(4)5)10(3)7-8/h;2*6-7H,1-5H3/q-2;;/p+2. The second-order valence-corrected chi connectivity index (χ2v) is 11.9. The maximum Gasteiger partial charge on any atom is 0.200 e. The first-order valence-corrected chi connectivity index (χ1v) is 14.5. The molecule has 260 valence electrons. The van der Waals surface area contributed by atoms with Gasteiger partial charge in [0.2, 0.25) is 5.82 Å². The molecule has 0 unspecified atom stereocenters. The Morgan fingerprint density at radius 2 is 0.667 bits per heavy atom. The average Bonchev–Trinajstić information content (AvgIpc) is 2.95. The van der Waals surface area contributed by atoms with Crippen molar-refractivity contribution in [3.05, 3.63) is 110 Å². The lowest BCUT2D eigenvalue weighted by molar-refractivity contribution is -0.787. The van der Waals surface area contributed by atoms with Gasteiger partial charge in [-0.25, -0.2) is 39.5 Å². The SMILES string of the molecule is Cc1cc(C)c([NH+](C)C)c(C)c1.Cc1cc(C)c([NH+](C)C)c(C)c1.[O-]B([O-])c1c(F)c(F)c(F)c(F)c1-c1c(F)c(F)c(F)c(F)c1F. The van der Waals surface area contributed by atoms with Gasteiger partial charge in [-0.05, 0) is 41.5 Å². The summed E-state index contributed by atoms with van der Waals surface area (Å²) in [7, 11) is 5.02. The van der Waals surface area contributed by atoms with E-state index in [4.69, 9.17) is 0 Å². The van der Waals surface area contributed by atoms with Crippen LogP contribution in [0.15, 0.2) is 24.3 Å². The summed E-state index contributed by atoms with van der Waals surface area (Å²) in [5.74, 6) is -24.1. The molecule has 2 N–H and O–H groups in total. The predicted octanol–water partition coefficient (Wildman–Crippen LogP) is 3.80. The topological polar surface area (TPSA) is 55.0 Å². The molecule has 0 saturated carbocycles. The molecule has 14 heteroatoms. The minimum absolute atomic E-state index is 1.36. The normalized spacial score (nSPS) is 11.0. The van der Waals surface area contributed by atoms with Crippen LogP contribution in [0.3, 0.4) is 0 Å². The maximum absolute atomic E-state index is 13.7.